The number of benzene rings is 1. The second-order valence-electron chi connectivity index (χ2n) is 3.81. The number of hydrogen-bond acceptors (Lipinski definition) is 3. The van der Waals surface area contributed by atoms with Gasteiger partial charge >= 0.3 is 0 Å². The first-order valence-electron chi connectivity index (χ1n) is 5.87. The van der Waals surface area contributed by atoms with Gasteiger partial charge in [0, 0.05) is 4.47 Å². The summed E-state index contributed by atoms with van der Waals surface area (Å²) in [6.07, 6.45) is 0.775. The molecule has 5 heteroatoms. The van der Waals surface area contributed by atoms with Crippen LogP contribution in [0.3, 0.4) is 0 Å². The second-order valence-corrected chi connectivity index (χ2v) is 5.61. The van der Waals surface area contributed by atoms with Crippen LogP contribution in [0.25, 0.3) is 0 Å². The summed E-state index contributed by atoms with van der Waals surface area (Å²) in [4.78, 5) is 13.1. The molecule has 0 fully saturated rings. The minimum atomic E-state index is -0.213. The number of amides is 1. The van der Waals surface area contributed by atoms with Gasteiger partial charge < -0.3 is 0 Å². The van der Waals surface area contributed by atoms with Crippen LogP contribution in [0.2, 0.25) is 0 Å². The third-order valence-electron chi connectivity index (χ3n) is 2.55. The van der Waals surface area contributed by atoms with Crippen molar-refractivity contribution in [3.8, 4) is 0 Å². The Morgan fingerprint density at radius 1 is 1.32 bits per heavy atom. The number of carbonyl (C=O) groups excluding carboxylic acids is 1. The molecule has 2 rings (SSSR count). The highest BCUT2D eigenvalue weighted by Crippen LogP contribution is 2.16. The fraction of sp³-hybridized carbons (Fsp3) is 0.143. The molecule has 0 bridgehead atoms. The van der Waals surface area contributed by atoms with Crippen LogP contribution in [0.15, 0.2) is 51.4 Å². The lowest BCUT2D eigenvalue weighted by molar-refractivity contribution is 0.0954. The monoisotopic (exact) mass is 336 g/mol. The van der Waals surface area contributed by atoms with E-state index >= 15 is 0 Å². The molecular weight excluding hydrogens is 324 g/mol. The van der Waals surface area contributed by atoms with Gasteiger partial charge in [-0.2, -0.15) is 5.10 Å². The summed E-state index contributed by atoms with van der Waals surface area (Å²) in [6, 6.07) is 11.2. The summed E-state index contributed by atoms with van der Waals surface area (Å²) in [5, 5.41) is 6.20. The van der Waals surface area contributed by atoms with E-state index in [9.17, 15) is 4.79 Å². The second kappa shape index (κ2) is 6.63. The number of halogens is 1. The number of hydrogen-bond donors (Lipinski definition) is 1. The Kier molecular flexibility index (Phi) is 4.87. The van der Waals surface area contributed by atoms with Crippen molar-refractivity contribution in [2.75, 3.05) is 0 Å². The van der Waals surface area contributed by atoms with E-state index in [4.69, 9.17) is 0 Å². The Labute approximate surface area is 124 Å². The molecule has 1 aromatic carbocycles. The maximum Gasteiger partial charge on any atom is 0.272 e. The van der Waals surface area contributed by atoms with Crippen LogP contribution < -0.4 is 5.43 Å². The number of hydrazone groups is 1. The molecule has 1 N–H and O–H groups in total. The predicted molar refractivity (Wildman–Crippen MR) is 82.8 cm³/mol. The Morgan fingerprint density at radius 2 is 2.11 bits per heavy atom. The molecular formula is C14H13BrN2OS. The molecule has 2 aromatic rings. The van der Waals surface area contributed by atoms with E-state index < -0.39 is 0 Å². The maximum absolute atomic E-state index is 12.0. The highest BCUT2D eigenvalue weighted by Gasteiger charge is 2.09. The molecule has 0 saturated heterocycles. The van der Waals surface area contributed by atoms with Crippen molar-refractivity contribution < 1.29 is 4.79 Å². The van der Waals surface area contributed by atoms with Crippen LogP contribution in [0.1, 0.15) is 28.6 Å². The summed E-state index contributed by atoms with van der Waals surface area (Å²) in [5.41, 5.74) is 4.07. The van der Waals surface area contributed by atoms with Crippen LogP contribution in [0.5, 0.6) is 0 Å². The van der Waals surface area contributed by atoms with Crippen molar-refractivity contribution in [1.29, 1.82) is 0 Å². The zero-order valence-corrected chi connectivity index (χ0v) is 12.8. The molecule has 0 aliphatic carbocycles. The van der Waals surface area contributed by atoms with Crippen molar-refractivity contribution in [3.63, 3.8) is 0 Å². The van der Waals surface area contributed by atoms with E-state index in [0.29, 0.717) is 5.56 Å². The Balaban J connectivity index is 2.13. The lowest BCUT2D eigenvalue weighted by Gasteiger charge is -2.04. The third-order valence-corrected chi connectivity index (χ3v) is 4.16. The number of nitrogens with one attached hydrogen (secondary N) is 1. The average Bonchev–Trinajstić information content (AvgIpc) is 2.94. The van der Waals surface area contributed by atoms with E-state index in [0.717, 1.165) is 21.5 Å². The smallest absolute Gasteiger partial charge is 0.267 e. The first-order chi connectivity index (χ1) is 9.22. The first-order valence-corrected chi connectivity index (χ1v) is 7.55. The summed E-state index contributed by atoms with van der Waals surface area (Å²) in [6.45, 7) is 2.02. The topological polar surface area (TPSA) is 41.5 Å². The maximum atomic E-state index is 12.0. The highest BCUT2D eigenvalue weighted by atomic mass is 79.9. The van der Waals surface area contributed by atoms with E-state index in [-0.39, 0.29) is 5.91 Å². The first kappa shape index (κ1) is 14.0. The molecule has 19 heavy (non-hydrogen) atoms. The molecule has 0 atom stereocenters. The van der Waals surface area contributed by atoms with E-state index in [2.05, 4.69) is 26.5 Å². The van der Waals surface area contributed by atoms with Crippen LogP contribution in [0, 0.1) is 0 Å². The number of nitrogens with zero attached hydrogens (tertiary/aromatic N) is 1. The van der Waals surface area contributed by atoms with E-state index in [1.807, 2.05) is 42.6 Å². The van der Waals surface area contributed by atoms with Crippen molar-refractivity contribution in [3.05, 3.63) is 56.7 Å². The molecule has 1 aromatic heterocycles. The highest BCUT2D eigenvalue weighted by molar-refractivity contribution is 9.10. The standard InChI is InChI=1S/C14H13BrN2OS/c1-2-12(13-8-5-9-19-13)16-17-14(18)10-6-3-4-7-11(10)15/h3-9H,2H2,1H3,(H,17,18)/b16-12-. The van der Waals surface area contributed by atoms with E-state index in [1.165, 1.54) is 0 Å². The fourth-order valence-electron chi connectivity index (χ4n) is 1.57. The predicted octanol–water partition coefficient (Wildman–Crippen LogP) is 4.05. The summed E-state index contributed by atoms with van der Waals surface area (Å²) >= 11 is 4.97. The molecule has 3 nitrogen and oxygen atoms in total. The van der Waals surface area contributed by atoms with Crippen LogP contribution in [0.4, 0.5) is 0 Å². The zero-order chi connectivity index (χ0) is 13.7. The lowest BCUT2D eigenvalue weighted by Crippen LogP contribution is -2.20. The van der Waals surface area contributed by atoms with Crippen molar-refractivity contribution >= 4 is 38.9 Å². The molecule has 0 spiro atoms. The number of thiophene rings is 1. The molecule has 0 aliphatic heterocycles. The van der Waals surface area contributed by atoms with Gasteiger partial charge in [0.05, 0.1) is 16.2 Å². The van der Waals surface area contributed by atoms with Gasteiger partial charge in [-0.05, 0) is 45.9 Å². The lowest BCUT2D eigenvalue weighted by atomic mass is 10.2. The van der Waals surface area contributed by atoms with Crippen molar-refractivity contribution in [1.82, 2.24) is 5.43 Å². The molecule has 1 amide bonds. The summed E-state index contributed by atoms with van der Waals surface area (Å²) in [7, 11) is 0. The minimum Gasteiger partial charge on any atom is -0.267 e. The minimum absolute atomic E-state index is 0.213. The number of rotatable bonds is 4. The zero-order valence-electron chi connectivity index (χ0n) is 10.4. The molecule has 98 valence electrons. The van der Waals surface area contributed by atoms with Gasteiger partial charge in [-0.15, -0.1) is 11.3 Å². The molecule has 0 radical (unpaired) electrons. The Bertz CT molecular complexity index is 593. The van der Waals surface area contributed by atoms with Crippen LogP contribution in [-0.4, -0.2) is 11.6 Å². The molecule has 1 heterocycles. The molecule has 0 aliphatic rings. The van der Waals surface area contributed by atoms with Crippen molar-refractivity contribution in [2.24, 2.45) is 5.10 Å². The van der Waals surface area contributed by atoms with E-state index in [1.54, 1.807) is 17.4 Å². The van der Waals surface area contributed by atoms with Gasteiger partial charge in [0.15, 0.2) is 0 Å². The SMILES string of the molecule is CC/C(=N/NC(=O)c1ccccc1Br)c1cccs1. The van der Waals surface area contributed by atoms with Gasteiger partial charge in [-0.1, -0.05) is 25.1 Å². The van der Waals surface area contributed by atoms with Gasteiger partial charge in [-0.3, -0.25) is 4.79 Å². The average molecular weight is 337 g/mol. The van der Waals surface area contributed by atoms with Crippen LogP contribution in [-0.2, 0) is 0 Å². The normalized spacial score (nSPS) is 11.4. The fourth-order valence-corrected chi connectivity index (χ4v) is 2.83. The molecule has 0 unspecified atom stereocenters. The largest absolute Gasteiger partial charge is 0.272 e. The number of carbonyl (C=O) groups is 1. The quantitative estimate of drug-likeness (QED) is 0.664. The van der Waals surface area contributed by atoms with Gasteiger partial charge in [0.25, 0.3) is 5.91 Å². The third kappa shape index (κ3) is 3.52. The summed E-state index contributed by atoms with van der Waals surface area (Å²) < 4.78 is 0.761. The van der Waals surface area contributed by atoms with Gasteiger partial charge in [0.2, 0.25) is 0 Å². The Morgan fingerprint density at radius 3 is 2.74 bits per heavy atom. The summed E-state index contributed by atoms with van der Waals surface area (Å²) in [5.74, 6) is -0.213. The van der Waals surface area contributed by atoms with Crippen LogP contribution >= 0.6 is 27.3 Å². The van der Waals surface area contributed by atoms with Crippen molar-refractivity contribution in [2.45, 2.75) is 13.3 Å². The van der Waals surface area contributed by atoms with Gasteiger partial charge in [0.1, 0.15) is 0 Å². The Hall–Kier alpha value is -1.46. The molecule has 0 saturated carbocycles. The van der Waals surface area contributed by atoms with Gasteiger partial charge in [-0.25, -0.2) is 5.43 Å².